The molecule has 0 aliphatic carbocycles. The van der Waals surface area contributed by atoms with Crippen LogP contribution in [0, 0.1) is 6.92 Å². The number of amides is 1. The standard InChI is InChI=1S/C13H15N3O3/c1-8-15-10-5-9(3-4-11(10)16(8)2)7-14-12(17)6-13(18)19/h3-5H,6-7H2,1-2H3,(H,14,17)(H,18,19). The van der Waals surface area contributed by atoms with Gasteiger partial charge in [0.05, 0.1) is 11.0 Å². The summed E-state index contributed by atoms with van der Waals surface area (Å²) in [5.74, 6) is -0.708. The lowest BCUT2D eigenvalue weighted by Crippen LogP contribution is -2.25. The largest absolute Gasteiger partial charge is 0.481 e. The molecule has 2 aromatic rings. The van der Waals surface area contributed by atoms with Crippen molar-refractivity contribution < 1.29 is 14.7 Å². The smallest absolute Gasteiger partial charge is 0.312 e. The van der Waals surface area contributed by atoms with Crippen molar-refractivity contribution in [3.05, 3.63) is 29.6 Å². The number of rotatable bonds is 4. The fraction of sp³-hybridized carbons (Fsp3) is 0.308. The number of nitrogens with one attached hydrogen (secondary N) is 1. The third-order valence-electron chi connectivity index (χ3n) is 2.97. The van der Waals surface area contributed by atoms with Crippen molar-refractivity contribution in [1.29, 1.82) is 0 Å². The van der Waals surface area contributed by atoms with Crippen LogP contribution in [0.5, 0.6) is 0 Å². The van der Waals surface area contributed by atoms with Crippen LogP contribution in [0.25, 0.3) is 11.0 Å². The molecular weight excluding hydrogens is 246 g/mol. The van der Waals surface area contributed by atoms with Crippen molar-refractivity contribution in [1.82, 2.24) is 14.9 Å². The van der Waals surface area contributed by atoms with E-state index in [1.165, 1.54) is 0 Å². The summed E-state index contributed by atoms with van der Waals surface area (Å²) in [7, 11) is 1.94. The Balaban J connectivity index is 2.09. The van der Waals surface area contributed by atoms with Crippen molar-refractivity contribution in [2.45, 2.75) is 19.9 Å². The van der Waals surface area contributed by atoms with E-state index in [2.05, 4.69) is 10.3 Å². The number of benzene rings is 1. The normalized spacial score (nSPS) is 10.6. The third-order valence-corrected chi connectivity index (χ3v) is 2.97. The van der Waals surface area contributed by atoms with Crippen molar-refractivity contribution in [2.24, 2.45) is 7.05 Å². The van der Waals surface area contributed by atoms with E-state index in [9.17, 15) is 9.59 Å². The van der Waals surface area contributed by atoms with E-state index in [0.29, 0.717) is 6.54 Å². The number of carbonyl (C=O) groups is 2. The first-order chi connectivity index (χ1) is 8.97. The van der Waals surface area contributed by atoms with Crippen LogP contribution in [0.4, 0.5) is 0 Å². The van der Waals surface area contributed by atoms with Gasteiger partial charge in [-0.25, -0.2) is 4.98 Å². The Bertz CT molecular complexity index is 646. The molecule has 2 rings (SSSR count). The summed E-state index contributed by atoms with van der Waals surface area (Å²) < 4.78 is 1.99. The summed E-state index contributed by atoms with van der Waals surface area (Å²) in [6.07, 6.45) is -0.509. The molecule has 1 aromatic carbocycles. The molecule has 0 radical (unpaired) electrons. The molecule has 0 aliphatic heterocycles. The first-order valence-electron chi connectivity index (χ1n) is 5.88. The van der Waals surface area contributed by atoms with Crippen molar-refractivity contribution in [2.75, 3.05) is 0 Å². The molecule has 100 valence electrons. The van der Waals surface area contributed by atoms with Crippen LogP contribution in [0.2, 0.25) is 0 Å². The van der Waals surface area contributed by atoms with Gasteiger partial charge in [0.2, 0.25) is 5.91 Å². The highest BCUT2D eigenvalue weighted by Gasteiger charge is 2.08. The first-order valence-corrected chi connectivity index (χ1v) is 5.88. The second-order valence-corrected chi connectivity index (χ2v) is 4.39. The molecule has 6 nitrogen and oxygen atoms in total. The van der Waals surface area contributed by atoms with Gasteiger partial charge in [-0.15, -0.1) is 0 Å². The van der Waals surface area contributed by atoms with Crippen LogP contribution < -0.4 is 5.32 Å². The Hall–Kier alpha value is -2.37. The summed E-state index contributed by atoms with van der Waals surface area (Å²) >= 11 is 0. The molecule has 2 N–H and O–H groups in total. The zero-order valence-corrected chi connectivity index (χ0v) is 10.8. The summed E-state index contributed by atoms with van der Waals surface area (Å²) in [4.78, 5) is 26.0. The molecule has 0 saturated carbocycles. The number of imidazole rings is 1. The van der Waals surface area contributed by atoms with E-state index in [1.807, 2.05) is 36.7 Å². The highest BCUT2D eigenvalue weighted by atomic mass is 16.4. The molecule has 1 aromatic heterocycles. The number of carbonyl (C=O) groups excluding carboxylic acids is 1. The maximum absolute atomic E-state index is 11.2. The molecule has 6 heteroatoms. The summed E-state index contributed by atoms with van der Waals surface area (Å²) in [6.45, 7) is 2.23. The molecule has 0 saturated heterocycles. The van der Waals surface area contributed by atoms with E-state index in [4.69, 9.17) is 5.11 Å². The average molecular weight is 261 g/mol. The van der Waals surface area contributed by atoms with Crippen LogP contribution >= 0.6 is 0 Å². The number of fused-ring (bicyclic) bond motifs is 1. The number of aryl methyl sites for hydroxylation is 2. The molecule has 1 amide bonds. The van der Waals surface area contributed by atoms with Gasteiger partial charge in [0.1, 0.15) is 12.2 Å². The van der Waals surface area contributed by atoms with Gasteiger partial charge in [-0.1, -0.05) is 6.07 Å². The van der Waals surface area contributed by atoms with E-state index >= 15 is 0 Å². The Kier molecular flexibility index (Phi) is 3.50. The van der Waals surface area contributed by atoms with Crippen molar-refractivity contribution in [3.8, 4) is 0 Å². The highest BCUT2D eigenvalue weighted by molar-refractivity contribution is 5.93. The third kappa shape index (κ3) is 2.90. The number of hydrogen-bond donors (Lipinski definition) is 2. The second kappa shape index (κ2) is 5.09. The average Bonchev–Trinajstić information content (AvgIpc) is 2.61. The lowest BCUT2D eigenvalue weighted by atomic mass is 10.2. The summed E-state index contributed by atoms with van der Waals surface area (Å²) in [5.41, 5.74) is 2.78. The van der Waals surface area contributed by atoms with Crippen LogP contribution in [0.3, 0.4) is 0 Å². The highest BCUT2D eigenvalue weighted by Crippen LogP contribution is 2.16. The number of hydrogen-bond acceptors (Lipinski definition) is 3. The van der Waals surface area contributed by atoms with Crippen LogP contribution in [-0.4, -0.2) is 26.5 Å². The topological polar surface area (TPSA) is 84.2 Å². The molecule has 0 unspecified atom stereocenters. The second-order valence-electron chi connectivity index (χ2n) is 4.39. The zero-order valence-electron chi connectivity index (χ0n) is 10.8. The lowest BCUT2D eigenvalue weighted by Gasteiger charge is -2.04. The van der Waals surface area contributed by atoms with Gasteiger partial charge in [-0.05, 0) is 24.6 Å². The zero-order chi connectivity index (χ0) is 14.0. The maximum Gasteiger partial charge on any atom is 0.312 e. The van der Waals surface area contributed by atoms with Gasteiger partial charge in [0.25, 0.3) is 0 Å². The quantitative estimate of drug-likeness (QED) is 0.803. The Morgan fingerprint density at radius 1 is 1.42 bits per heavy atom. The molecule has 0 spiro atoms. The summed E-state index contributed by atoms with van der Waals surface area (Å²) in [6, 6.07) is 5.72. The predicted octanol–water partition coefficient (Wildman–Crippen LogP) is 0.973. The molecule has 0 atom stereocenters. The van der Waals surface area contributed by atoms with Crippen LogP contribution in [-0.2, 0) is 23.2 Å². The minimum atomic E-state index is -1.13. The fourth-order valence-electron chi connectivity index (χ4n) is 1.88. The molecule has 19 heavy (non-hydrogen) atoms. The maximum atomic E-state index is 11.2. The van der Waals surface area contributed by atoms with Gasteiger partial charge >= 0.3 is 5.97 Å². The van der Waals surface area contributed by atoms with Crippen LogP contribution in [0.1, 0.15) is 17.8 Å². The van der Waals surface area contributed by atoms with Crippen molar-refractivity contribution >= 4 is 22.9 Å². The minimum Gasteiger partial charge on any atom is -0.481 e. The van der Waals surface area contributed by atoms with E-state index in [0.717, 1.165) is 22.4 Å². The number of carboxylic acids is 1. The molecule has 0 fully saturated rings. The Morgan fingerprint density at radius 2 is 2.16 bits per heavy atom. The number of nitrogens with zero attached hydrogens (tertiary/aromatic N) is 2. The SMILES string of the molecule is Cc1nc2cc(CNC(=O)CC(=O)O)ccc2n1C. The van der Waals surface area contributed by atoms with Crippen LogP contribution in [0.15, 0.2) is 18.2 Å². The van der Waals surface area contributed by atoms with Gasteiger partial charge < -0.3 is 15.0 Å². The van der Waals surface area contributed by atoms with E-state index in [1.54, 1.807) is 0 Å². The Morgan fingerprint density at radius 3 is 2.84 bits per heavy atom. The van der Waals surface area contributed by atoms with Gasteiger partial charge in [-0.3, -0.25) is 9.59 Å². The number of aliphatic carboxylic acids is 1. The molecule has 0 aliphatic rings. The van der Waals surface area contributed by atoms with E-state index < -0.39 is 18.3 Å². The van der Waals surface area contributed by atoms with E-state index in [-0.39, 0.29) is 0 Å². The van der Waals surface area contributed by atoms with Gasteiger partial charge in [-0.2, -0.15) is 0 Å². The summed E-state index contributed by atoms with van der Waals surface area (Å²) in [5, 5.41) is 11.0. The van der Waals surface area contributed by atoms with Crippen molar-refractivity contribution in [3.63, 3.8) is 0 Å². The van der Waals surface area contributed by atoms with Gasteiger partial charge in [0, 0.05) is 13.6 Å². The minimum absolute atomic E-state index is 0.303. The molecule has 1 heterocycles. The fourth-order valence-corrected chi connectivity index (χ4v) is 1.88. The van der Waals surface area contributed by atoms with Gasteiger partial charge in [0.15, 0.2) is 0 Å². The number of carboxylic acid groups (broad SMARTS) is 1. The lowest BCUT2D eigenvalue weighted by molar-refractivity contribution is -0.140. The monoisotopic (exact) mass is 261 g/mol. The number of aromatic nitrogens is 2. The molecule has 0 bridgehead atoms. The first kappa shape index (κ1) is 13.1. The predicted molar refractivity (Wildman–Crippen MR) is 69.6 cm³/mol. The molecular formula is C13H15N3O3. The Labute approximate surface area is 110 Å².